The van der Waals surface area contributed by atoms with Crippen molar-refractivity contribution in [2.45, 2.75) is 13.8 Å². The minimum atomic E-state index is -0.156. The van der Waals surface area contributed by atoms with E-state index in [-0.39, 0.29) is 5.91 Å². The molecule has 4 heteroatoms. The van der Waals surface area contributed by atoms with E-state index < -0.39 is 0 Å². The zero-order chi connectivity index (χ0) is 15.5. The maximum Gasteiger partial charge on any atom is 0.285 e. The summed E-state index contributed by atoms with van der Waals surface area (Å²) in [4.78, 5) is 19.8. The van der Waals surface area contributed by atoms with Gasteiger partial charge in [0.2, 0.25) is 0 Å². The number of hydrogen-bond donors (Lipinski definition) is 0. The van der Waals surface area contributed by atoms with Crippen molar-refractivity contribution in [1.82, 2.24) is 0 Å². The van der Waals surface area contributed by atoms with E-state index in [1.54, 1.807) is 4.90 Å². The summed E-state index contributed by atoms with van der Waals surface area (Å²) >= 11 is 0. The van der Waals surface area contributed by atoms with Crippen LogP contribution in [0, 0.1) is 5.92 Å². The number of carbonyl (C=O) groups excluding carboxylic acids is 1. The van der Waals surface area contributed by atoms with Gasteiger partial charge in [-0.05, 0) is 24.1 Å². The van der Waals surface area contributed by atoms with Gasteiger partial charge in [0, 0.05) is 11.3 Å². The highest BCUT2D eigenvalue weighted by molar-refractivity contribution is 6.55. The molecular formula is C18H18N2O2. The first-order chi connectivity index (χ1) is 10.7. The fourth-order valence-electron chi connectivity index (χ4n) is 2.37. The highest BCUT2D eigenvalue weighted by atomic mass is 16.6. The third-order valence-electron chi connectivity index (χ3n) is 3.38. The minimum Gasteiger partial charge on any atom is -0.395 e. The summed E-state index contributed by atoms with van der Waals surface area (Å²) in [6.07, 6.45) is 0. The zero-order valence-corrected chi connectivity index (χ0v) is 12.7. The van der Waals surface area contributed by atoms with Gasteiger partial charge in [0.25, 0.3) is 5.91 Å². The molecule has 0 atom stereocenters. The van der Waals surface area contributed by atoms with Crippen molar-refractivity contribution >= 4 is 23.0 Å². The van der Waals surface area contributed by atoms with Crippen molar-refractivity contribution < 1.29 is 9.63 Å². The fourth-order valence-corrected chi connectivity index (χ4v) is 2.37. The van der Waals surface area contributed by atoms with Crippen molar-refractivity contribution in [2.75, 3.05) is 11.5 Å². The summed E-state index contributed by atoms with van der Waals surface area (Å²) in [7, 11) is 0. The Hall–Kier alpha value is -2.62. The van der Waals surface area contributed by atoms with Gasteiger partial charge < -0.3 is 4.84 Å². The van der Waals surface area contributed by atoms with Crippen molar-refractivity contribution in [2.24, 2.45) is 11.1 Å². The molecule has 1 amide bonds. The number of fused-ring (bicyclic) bond motifs is 1. The summed E-state index contributed by atoms with van der Waals surface area (Å²) in [5, 5.41) is 4.09. The topological polar surface area (TPSA) is 41.9 Å². The number of rotatable bonds is 4. The molecule has 0 aliphatic carbocycles. The molecule has 0 bridgehead atoms. The van der Waals surface area contributed by atoms with E-state index in [4.69, 9.17) is 4.84 Å². The number of benzene rings is 2. The largest absolute Gasteiger partial charge is 0.395 e. The Balaban J connectivity index is 2.00. The van der Waals surface area contributed by atoms with E-state index in [1.807, 2.05) is 68.4 Å². The van der Waals surface area contributed by atoms with Gasteiger partial charge in [-0.25, -0.2) is 0 Å². The second-order valence-electron chi connectivity index (χ2n) is 5.62. The molecule has 3 rings (SSSR count). The van der Waals surface area contributed by atoms with Crippen LogP contribution >= 0.6 is 0 Å². The van der Waals surface area contributed by atoms with Crippen LogP contribution in [0.15, 0.2) is 59.8 Å². The molecule has 2 aromatic rings. The van der Waals surface area contributed by atoms with Crippen molar-refractivity contribution in [1.29, 1.82) is 0 Å². The van der Waals surface area contributed by atoms with Crippen LogP contribution in [0.3, 0.4) is 0 Å². The molecule has 0 saturated heterocycles. The summed E-state index contributed by atoms with van der Waals surface area (Å²) < 4.78 is 0. The molecule has 0 fully saturated rings. The Morgan fingerprint density at radius 3 is 2.45 bits per heavy atom. The van der Waals surface area contributed by atoms with Gasteiger partial charge in [0.15, 0.2) is 5.71 Å². The van der Waals surface area contributed by atoms with Crippen molar-refractivity contribution in [3.8, 4) is 0 Å². The molecule has 0 unspecified atom stereocenters. The van der Waals surface area contributed by atoms with E-state index >= 15 is 0 Å². The Morgan fingerprint density at radius 2 is 1.73 bits per heavy atom. The van der Waals surface area contributed by atoms with E-state index in [9.17, 15) is 4.79 Å². The molecule has 22 heavy (non-hydrogen) atoms. The van der Waals surface area contributed by atoms with Gasteiger partial charge in [-0.2, -0.15) is 0 Å². The van der Waals surface area contributed by atoms with Crippen molar-refractivity contribution in [3.05, 3.63) is 60.2 Å². The maximum atomic E-state index is 12.8. The smallest absolute Gasteiger partial charge is 0.285 e. The average molecular weight is 294 g/mol. The summed E-state index contributed by atoms with van der Waals surface area (Å²) in [6.45, 7) is 4.58. The zero-order valence-electron chi connectivity index (χ0n) is 12.7. The number of hydrogen-bond acceptors (Lipinski definition) is 3. The highest BCUT2D eigenvalue weighted by Gasteiger charge is 2.35. The third-order valence-corrected chi connectivity index (χ3v) is 3.38. The van der Waals surface area contributed by atoms with Gasteiger partial charge >= 0.3 is 0 Å². The lowest BCUT2D eigenvalue weighted by atomic mass is 10.1. The first kappa shape index (κ1) is 14.3. The van der Waals surface area contributed by atoms with Crippen LogP contribution in [-0.4, -0.2) is 18.2 Å². The molecule has 1 aliphatic rings. The van der Waals surface area contributed by atoms with Crippen LogP contribution in [0.25, 0.3) is 0 Å². The number of oxime groups is 1. The van der Waals surface area contributed by atoms with Crippen LogP contribution in [-0.2, 0) is 9.63 Å². The first-order valence-corrected chi connectivity index (χ1v) is 7.37. The van der Waals surface area contributed by atoms with Gasteiger partial charge in [0.05, 0.1) is 5.69 Å². The number of anilines is 2. The first-order valence-electron chi connectivity index (χ1n) is 7.37. The Morgan fingerprint density at radius 1 is 1.05 bits per heavy atom. The molecule has 0 spiro atoms. The molecular weight excluding hydrogens is 276 g/mol. The van der Waals surface area contributed by atoms with Gasteiger partial charge in [-0.15, -0.1) is 0 Å². The van der Waals surface area contributed by atoms with E-state index in [0.717, 1.165) is 16.9 Å². The summed E-state index contributed by atoms with van der Waals surface area (Å²) in [5.41, 5.74) is 2.83. The lowest BCUT2D eigenvalue weighted by Crippen LogP contribution is -2.25. The molecule has 0 N–H and O–H groups in total. The fraction of sp³-hybridized carbons (Fsp3) is 0.222. The van der Waals surface area contributed by atoms with Crippen LogP contribution in [0.5, 0.6) is 0 Å². The average Bonchev–Trinajstić information content (AvgIpc) is 2.80. The molecule has 0 radical (unpaired) electrons. The van der Waals surface area contributed by atoms with Crippen LogP contribution in [0.1, 0.15) is 19.4 Å². The van der Waals surface area contributed by atoms with E-state index in [1.165, 1.54) is 0 Å². The Kier molecular flexibility index (Phi) is 3.92. The molecule has 4 nitrogen and oxygen atoms in total. The molecule has 0 aromatic heterocycles. The summed E-state index contributed by atoms with van der Waals surface area (Å²) in [6, 6.07) is 17.2. The molecule has 1 aliphatic heterocycles. The highest BCUT2D eigenvalue weighted by Crippen LogP contribution is 2.35. The SMILES string of the molecule is CC(C)CON=C1C(=O)N(c2ccccc2)c2ccccc21. The lowest BCUT2D eigenvalue weighted by Gasteiger charge is -2.16. The second kappa shape index (κ2) is 6.02. The predicted molar refractivity (Wildman–Crippen MR) is 87.4 cm³/mol. The normalized spacial score (nSPS) is 15.5. The van der Waals surface area contributed by atoms with Gasteiger partial charge in [-0.1, -0.05) is 55.4 Å². The maximum absolute atomic E-state index is 12.8. The minimum absolute atomic E-state index is 0.156. The molecule has 1 heterocycles. The third kappa shape index (κ3) is 2.60. The number of carbonyl (C=O) groups is 1. The predicted octanol–water partition coefficient (Wildman–Crippen LogP) is 3.74. The molecule has 0 saturated carbocycles. The van der Waals surface area contributed by atoms with Crippen LogP contribution in [0.2, 0.25) is 0 Å². The lowest BCUT2D eigenvalue weighted by molar-refractivity contribution is -0.111. The van der Waals surface area contributed by atoms with Crippen LogP contribution in [0.4, 0.5) is 11.4 Å². The Labute approximate surface area is 130 Å². The van der Waals surface area contributed by atoms with E-state index in [2.05, 4.69) is 5.16 Å². The quantitative estimate of drug-likeness (QED) is 0.806. The van der Waals surface area contributed by atoms with Gasteiger partial charge in [0.1, 0.15) is 6.61 Å². The Bertz CT molecular complexity index is 708. The van der Waals surface area contributed by atoms with Crippen molar-refractivity contribution in [3.63, 3.8) is 0 Å². The molecule has 2 aromatic carbocycles. The number of nitrogens with zero attached hydrogens (tertiary/aromatic N) is 2. The number of amides is 1. The van der Waals surface area contributed by atoms with Gasteiger partial charge in [-0.3, -0.25) is 9.69 Å². The second-order valence-corrected chi connectivity index (χ2v) is 5.62. The molecule has 112 valence electrons. The van der Waals surface area contributed by atoms with E-state index in [0.29, 0.717) is 18.2 Å². The standard InChI is InChI=1S/C18H18N2O2/c1-13(2)12-22-19-17-15-10-6-7-11-16(15)20(18(17)21)14-8-4-3-5-9-14/h3-11,13H,12H2,1-2H3. The monoisotopic (exact) mass is 294 g/mol. The number of para-hydroxylation sites is 2. The van der Waals surface area contributed by atoms with Crippen LogP contribution < -0.4 is 4.90 Å². The summed E-state index contributed by atoms with van der Waals surface area (Å²) in [5.74, 6) is 0.206.